The van der Waals surface area contributed by atoms with Gasteiger partial charge in [0.2, 0.25) is 0 Å². The third-order valence-electron chi connectivity index (χ3n) is 4.15. The lowest BCUT2D eigenvalue weighted by Gasteiger charge is -2.16. The van der Waals surface area contributed by atoms with Crippen LogP contribution in [0, 0.1) is 0 Å². The number of halogens is 6. The average molecular weight is 428 g/mol. The number of carbonyl (C=O) groups is 1. The fourth-order valence-corrected chi connectivity index (χ4v) is 2.79. The summed E-state index contributed by atoms with van der Waals surface area (Å²) in [4.78, 5) is 16.2. The zero-order chi connectivity index (χ0) is 22.1. The van der Waals surface area contributed by atoms with Crippen LogP contribution < -0.4 is 5.32 Å². The van der Waals surface area contributed by atoms with E-state index in [1.807, 2.05) is 0 Å². The Labute approximate surface area is 166 Å². The van der Waals surface area contributed by atoms with E-state index in [-0.39, 0.29) is 34.4 Å². The number of fused-ring (bicyclic) bond motifs is 1. The zero-order valence-corrected chi connectivity index (χ0v) is 15.4. The third-order valence-corrected chi connectivity index (χ3v) is 4.15. The van der Waals surface area contributed by atoms with Gasteiger partial charge in [-0.2, -0.15) is 26.3 Å². The van der Waals surface area contributed by atoms with Gasteiger partial charge in [-0.15, -0.1) is 0 Å². The second-order valence-corrected chi connectivity index (χ2v) is 6.20. The highest BCUT2D eigenvalue weighted by molar-refractivity contribution is 6.06. The molecule has 1 aromatic heterocycles. The first-order chi connectivity index (χ1) is 14.0. The smallest absolute Gasteiger partial charge is 0.416 e. The van der Waals surface area contributed by atoms with Crippen molar-refractivity contribution in [2.75, 3.05) is 11.9 Å². The molecule has 0 atom stereocenters. The molecule has 1 heterocycles. The number of aromatic nitrogens is 1. The van der Waals surface area contributed by atoms with Crippen LogP contribution in [0.4, 0.5) is 37.7 Å². The molecule has 0 radical (unpaired) electrons. The van der Waals surface area contributed by atoms with Gasteiger partial charge in [-0.25, -0.2) is 4.79 Å². The van der Waals surface area contributed by atoms with Crippen molar-refractivity contribution in [3.8, 4) is 0 Å². The predicted molar refractivity (Wildman–Crippen MR) is 97.4 cm³/mol. The van der Waals surface area contributed by atoms with Crippen LogP contribution in [0.1, 0.15) is 28.4 Å². The van der Waals surface area contributed by atoms with E-state index in [0.29, 0.717) is 0 Å². The summed E-state index contributed by atoms with van der Waals surface area (Å²) >= 11 is 0. The normalized spacial score (nSPS) is 12.1. The maximum atomic E-state index is 13.0. The molecule has 2 aromatic carbocycles. The number of benzene rings is 2. The fourth-order valence-electron chi connectivity index (χ4n) is 2.79. The van der Waals surface area contributed by atoms with Gasteiger partial charge in [0, 0.05) is 17.3 Å². The molecule has 0 aliphatic heterocycles. The number of nitrogens with one attached hydrogen (secondary N) is 1. The van der Waals surface area contributed by atoms with Gasteiger partial charge in [-0.3, -0.25) is 4.98 Å². The van der Waals surface area contributed by atoms with Crippen LogP contribution in [0.5, 0.6) is 0 Å². The third kappa shape index (κ3) is 4.47. The van der Waals surface area contributed by atoms with Crippen molar-refractivity contribution in [1.82, 2.24) is 4.98 Å². The van der Waals surface area contributed by atoms with Crippen LogP contribution in [-0.4, -0.2) is 17.6 Å². The Bertz CT molecular complexity index is 1090. The highest BCUT2D eigenvalue weighted by Gasteiger charge is 2.32. The van der Waals surface area contributed by atoms with Crippen LogP contribution in [0.2, 0.25) is 0 Å². The lowest BCUT2D eigenvalue weighted by molar-refractivity contribution is -0.138. The van der Waals surface area contributed by atoms with Crippen molar-refractivity contribution in [2.24, 2.45) is 0 Å². The quantitative estimate of drug-likeness (QED) is 0.398. The van der Waals surface area contributed by atoms with Crippen LogP contribution in [0.3, 0.4) is 0 Å². The molecule has 30 heavy (non-hydrogen) atoms. The summed E-state index contributed by atoms with van der Waals surface area (Å²) in [6, 6.07) is 6.89. The van der Waals surface area contributed by atoms with Crippen LogP contribution in [0.15, 0.2) is 48.7 Å². The number of carbonyl (C=O) groups excluding carboxylic acids is 1. The minimum atomic E-state index is -4.61. The summed E-state index contributed by atoms with van der Waals surface area (Å²) in [5, 5.41) is 2.82. The molecule has 1 N–H and O–H groups in total. The van der Waals surface area contributed by atoms with Gasteiger partial charge in [-0.1, -0.05) is 12.1 Å². The van der Waals surface area contributed by atoms with Crippen LogP contribution >= 0.6 is 0 Å². The topological polar surface area (TPSA) is 51.2 Å². The van der Waals surface area contributed by atoms with Gasteiger partial charge in [0.25, 0.3) is 0 Å². The summed E-state index contributed by atoms with van der Waals surface area (Å²) < 4.78 is 83.0. The van der Waals surface area contributed by atoms with Gasteiger partial charge in [0.05, 0.1) is 28.9 Å². The standard InChI is InChI=1S/C20H14F6N2O2/c1-2-30-18(29)15-10-27-16-9-12(20(24,25)26)6-7-14(16)17(15)28-13-5-3-4-11(8-13)19(21,22)23/h3-10H,2H2,1H3,(H,27,28). The lowest BCUT2D eigenvalue weighted by Crippen LogP contribution is -2.11. The Balaban J connectivity index is 2.16. The monoisotopic (exact) mass is 428 g/mol. The second-order valence-electron chi connectivity index (χ2n) is 6.20. The number of ether oxygens (including phenoxy) is 1. The molecule has 0 unspecified atom stereocenters. The maximum absolute atomic E-state index is 13.0. The molecule has 0 saturated carbocycles. The Morgan fingerprint density at radius 1 is 1.00 bits per heavy atom. The Kier molecular flexibility index (Phi) is 5.60. The summed E-state index contributed by atoms with van der Waals surface area (Å²) in [7, 11) is 0. The van der Waals surface area contributed by atoms with Gasteiger partial charge in [0.15, 0.2) is 0 Å². The van der Waals surface area contributed by atoms with Crippen molar-refractivity contribution >= 4 is 28.2 Å². The molecule has 0 aliphatic carbocycles. The molecule has 0 amide bonds. The van der Waals surface area contributed by atoms with E-state index in [1.54, 1.807) is 6.92 Å². The van der Waals surface area contributed by atoms with Gasteiger partial charge >= 0.3 is 18.3 Å². The Morgan fingerprint density at radius 3 is 2.30 bits per heavy atom. The number of hydrogen-bond acceptors (Lipinski definition) is 4. The van der Waals surface area contributed by atoms with Gasteiger partial charge in [0.1, 0.15) is 5.56 Å². The van der Waals surface area contributed by atoms with Crippen molar-refractivity contribution < 1.29 is 35.9 Å². The molecule has 0 aliphatic rings. The molecule has 3 aromatic rings. The molecule has 0 saturated heterocycles. The average Bonchev–Trinajstić information content (AvgIpc) is 2.67. The molecular weight excluding hydrogens is 414 g/mol. The second kappa shape index (κ2) is 7.85. The fraction of sp³-hybridized carbons (Fsp3) is 0.200. The number of alkyl halides is 6. The van der Waals surface area contributed by atoms with E-state index in [1.165, 1.54) is 12.1 Å². The van der Waals surface area contributed by atoms with Crippen molar-refractivity contribution in [3.63, 3.8) is 0 Å². The molecule has 4 nitrogen and oxygen atoms in total. The number of pyridine rings is 1. The van der Waals surface area contributed by atoms with Gasteiger partial charge in [-0.05, 0) is 37.3 Å². The molecule has 10 heteroatoms. The van der Waals surface area contributed by atoms with Crippen molar-refractivity contribution in [2.45, 2.75) is 19.3 Å². The lowest BCUT2D eigenvalue weighted by atomic mass is 10.1. The molecule has 0 fully saturated rings. The number of esters is 1. The molecular formula is C20H14F6N2O2. The van der Waals surface area contributed by atoms with E-state index in [2.05, 4.69) is 10.3 Å². The van der Waals surface area contributed by atoms with Crippen molar-refractivity contribution in [3.05, 3.63) is 65.4 Å². The minimum Gasteiger partial charge on any atom is -0.462 e. The Hall–Kier alpha value is -3.30. The minimum absolute atomic E-state index is 0.00787. The highest BCUT2D eigenvalue weighted by atomic mass is 19.4. The number of nitrogens with zero attached hydrogens (tertiary/aromatic N) is 1. The number of rotatable bonds is 4. The van der Waals surface area contributed by atoms with E-state index in [4.69, 9.17) is 4.74 Å². The van der Waals surface area contributed by atoms with E-state index >= 15 is 0 Å². The van der Waals surface area contributed by atoms with E-state index < -0.39 is 29.4 Å². The summed E-state index contributed by atoms with van der Waals surface area (Å²) in [6.07, 6.45) is -8.18. The largest absolute Gasteiger partial charge is 0.462 e. The molecule has 158 valence electrons. The highest BCUT2D eigenvalue weighted by Crippen LogP contribution is 2.36. The first-order valence-corrected chi connectivity index (χ1v) is 8.62. The van der Waals surface area contributed by atoms with Gasteiger partial charge < -0.3 is 10.1 Å². The molecule has 0 spiro atoms. The molecule has 0 bridgehead atoms. The predicted octanol–water partition coefficient (Wildman–Crippen LogP) is 6.19. The van der Waals surface area contributed by atoms with E-state index in [0.717, 1.165) is 36.5 Å². The zero-order valence-electron chi connectivity index (χ0n) is 15.4. The first-order valence-electron chi connectivity index (χ1n) is 8.62. The van der Waals surface area contributed by atoms with Crippen LogP contribution in [-0.2, 0) is 17.1 Å². The maximum Gasteiger partial charge on any atom is 0.416 e. The summed E-state index contributed by atoms with van der Waals surface area (Å²) in [6.45, 7) is 1.58. The number of anilines is 2. The molecule has 3 rings (SSSR count). The van der Waals surface area contributed by atoms with E-state index in [9.17, 15) is 31.1 Å². The number of hydrogen-bond donors (Lipinski definition) is 1. The summed E-state index contributed by atoms with van der Waals surface area (Å²) in [5.41, 5.74) is -2.11. The summed E-state index contributed by atoms with van der Waals surface area (Å²) in [5.74, 6) is -0.818. The van der Waals surface area contributed by atoms with Crippen molar-refractivity contribution in [1.29, 1.82) is 0 Å². The SMILES string of the molecule is CCOC(=O)c1cnc2cc(C(F)(F)F)ccc2c1Nc1cccc(C(F)(F)F)c1. The Morgan fingerprint density at radius 2 is 1.67 bits per heavy atom. The first kappa shape index (κ1) is 21.4. The van der Waals surface area contributed by atoms with Crippen LogP contribution in [0.25, 0.3) is 10.9 Å².